The van der Waals surface area contributed by atoms with Crippen LogP contribution in [0.4, 0.5) is 5.69 Å². The molecule has 106 valence electrons. The second kappa shape index (κ2) is 5.46. The van der Waals surface area contributed by atoms with Gasteiger partial charge in [-0.25, -0.2) is 8.42 Å². The summed E-state index contributed by atoms with van der Waals surface area (Å²) in [6.45, 7) is 2.52. The number of β-amino-alcohol motifs (C(OH)–C–C–N with tert-alkyl or cyclic N) is 1. The molecular weight excluding hydrogens is 266 g/mol. The summed E-state index contributed by atoms with van der Waals surface area (Å²) in [7, 11) is -3.54. The summed E-state index contributed by atoms with van der Waals surface area (Å²) in [6.07, 6.45) is 0.0662. The van der Waals surface area contributed by atoms with Crippen molar-refractivity contribution in [2.75, 3.05) is 18.5 Å². The predicted molar refractivity (Wildman–Crippen MR) is 72.8 cm³/mol. The molecule has 0 radical (unpaired) electrons. The highest BCUT2D eigenvalue weighted by molar-refractivity contribution is 7.89. The number of nitrogens with zero attached hydrogens (tertiary/aromatic N) is 1. The molecule has 2 atom stereocenters. The van der Waals surface area contributed by atoms with Crippen molar-refractivity contribution in [3.63, 3.8) is 0 Å². The minimum absolute atomic E-state index is 0.135. The van der Waals surface area contributed by atoms with E-state index in [4.69, 9.17) is 5.84 Å². The fourth-order valence-electron chi connectivity index (χ4n) is 2.11. The average molecular weight is 285 g/mol. The second-order valence-electron chi connectivity index (χ2n) is 4.87. The summed E-state index contributed by atoms with van der Waals surface area (Å²) < 4.78 is 26.1. The average Bonchev–Trinajstić information content (AvgIpc) is 2.41. The van der Waals surface area contributed by atoms with Crippen LogP contribution < -0.4 is 11.3 Å². The summed E-state index contributed by atoms with van der Waals surface area (Å²) in [5, 5.41) is 9.81. The van der Waals surface area contributed by atoms with Crippen molar-refractivity contribution < 1.29 is 13.5 Å². The molecule has 1 aromatic rings. The van der Waals surface area contributed by atoms with Gasteiger partial charge in [-0.2, -0.15) is 4.31 Å². The molecule has 0 aromatic heterocycles. The molecule has 1 saturated heterocycles. The molecule has 4 N–H and O–H groups in total. The van der Waals surface area contributed by atoms with Crippen LogP contribution in [-0.4, -0.2) is 37.0 Å². The molecule has 1 fully saturated rings. The van der Waals surface area contributed by atoms with E-state index in [0.29, 0.717) is 18.7 Å². The molecule has 0 aliphatic carbocycles. The number of rotatable bonds is 3. The minimum Gasteiger partial charge on any atom is -0.391 e. The van der Waals surface area contributed by atoms with Gasteiger partial charge in [0.2, 0.25) is 10.0 Å². The van der Waals surface area contributed by atoms with E-state index in [1.165, 1.54) is 16.4 Å². The molecule has 1 aliphatic heterocycles. The first-order valence-corrected chi connectivity index (χ1v) is 7.64. The monoisotopic (exact) mass is 285 g/mol. The Balaban J connectivity index is 2.21. The minimum atomic E-state index is -3.54. The topological polar surface area (TPSA) is 95.7 Å². The maximum absolute atomic E-state index is 12.4. The Morgan fingerprint density at radius 3 is 2.53 bits per heavy atom. The van der Waals surface area contributed by atoms with Crippen LogP contribution in [0.5, 0.6) is 0 Å². The molecular formula is C12H19N3O3S. The summed E-state index contributed by atoms with van der Waals surface area (Å²) in [6, 6.07) is 6.23. The third-order valence-electron chi connectivity index (χ3n) is 3.54. The molecule has 2 rings (SSSR count). The Labute approximate surface area is 113 Å². The number of aliphatic hydroxyl groups excluding tert-OH is 1. The Kier molecular flexibility index (Phi) is 4.10. The SMILES string of the molecule is CC1CCN(S(=O)(=O)c2ccc(NN)cc2)CC1O. The highest BCUT2D eigenvalue weighted by Crippen LogP contribution is 2.24. The van der Waals surface area contributed by atoms with Gasteiger partial charge in [-0.1, -0.05) is 6.92 Å². The standard InChI is InChI=1S/C12H19N3O3S/c1-9-6-7-15(8-12(9)16)19(17,18)11-4-2-10(14-13)3-5-11/h2-5,9,12,14,16H,6-8,13H2,1H3. The van der Waals surface area contributed by atoms with Gasteiger partial charge in [0.25, 0.3) is 0 Å². The molecule has 1 aliphatic rings. The highest BCUT2D eigenvalue weighted by atomic mass is 32.2. The van der Waals surface area contributed by atoms with Gasteiger partial charge in [0, 0.05) is 18.8 Å². The maximum Gasteiger partial charge on any atom is 0.243 e. The van der Waals surface area contributed by atoms with Crippen molar-refractivity contribution in [2.45, 2.75) is 24.3 Å². The molecule has 6 nitrogen and oxygen atoms in total. The van der Waals surface area contributed by atoms with Gasteiger partial charge in [0.05, 0.1) is 11.0 Å². The number of sulfonamides is 1. The molecule has 0 amide bonds. The Morgan fingerprint density at radius 1 is 1.37 bits per heavy atom. The smallest absolute Gasteiger partial charge is 0.243 e. The van der Waals surface area contributed by atoms with Gasteiger partial charge in [-0.05, 0) is 36.6 Å². The van der Waals surface area contributed by atoms with E-state index < -0.39 is 16.1 Å². The molecule has 1 heterocycles. The normalized spacial score (nSPS) is 25.2. The zero-order valence-corrected chi connectivity index (χ0v) is 11.6. The van der Waals surface area contributed by atoms with E-state index in [1.54, 1.807) is 12.1 Å². The largest absolute Gasteiger partial charge is 0.391 e. The van der Waals surface area contributed by atoms with E-state index in [1.807, 2.05) is 6.92 Å². The molecule has 0 saturated carbocycles. The van der Waals surface area contributed by atoms with Crippen LogP contribution in [0.3, 0.4) is 0 Å². The number of aliphatic hydroxyl groups is 1. The van der Waals surface area contributed by atoms with E-state index in [0.717, 1.165) is 0 Å². The number of anilines is 1. The van der Waals surface area contributed by atoms with Crippen LogP contribution in [0.2, 0.25) is 0 Å². The molecule has 0 spiro atoms. The summed E-state index contributed by atoms with van der Waals surface area (Å²) in [4.78, 5) is 0.216. The fraction of sp³-hybridized carbons (Fsp3) is 0.500. The van der Waals surface area contributed by atoms with Gasteiger partial charge >= 0.3 is 0 Å². The van der Waals surface area contributed by atoms with Gasteiger partial charge in [-0.3, -0.25) is 5.84 Å². The van der Waals surface area contributed by atoms with Crippen LogP contribution in [0.1, 0.15) is 13.3 Å². The van der Waals surface area contributed by atoms with Gasteiger partial charge < -0.3 is 10.5 Å². The van der Waals surface area contributed by atoms with Crippen molar-refractivity contribution in [1.82, 2.24) is 4.31 Å². The summed E-state index contributed by atoms with van der Waals surface area (Å²) in [5.41, 5.74) is 3.09. The zero-order chi connectivity index (χ0) is 14.0. The van der Waals surface area contributed by atoms with E-state index in [2.05, 4.69) is 5.43 Å². The number of nitrogens with two attached hydrogens (primary N) is 1. The van der Waals surface area contributed by atoms with Crippen LogP contribution in [0.15, 0.2) is 29.2 Å². The van der Waals surface area contributed by atoms with Crippen LogP contribution >= 0.6 is 0 Å². The third kappa shape index (κ3) is 2.89. The lowest BCUT2D eigenvalue weighted by Crippen LogP contribution is -2.45. The number of piperidine rings is 1. The van der Waals surface area contributed by atoms with Crippen LogP contribution in [0.25, 0.3) is 0 Å². The molecule has 19 heavy (non-hydrogen) atoms. The number of nitrogen functional groups attached to an aromatic ring is 1. The van der Waals surface area contributed by atoms with Crippen molar-refractivity contribution >= 4 is 15.7 Å². The highest BCUT2D eigenvalue weighted by Gasteiger charge is 2.32. The van der Waals surface area contributed by atoms with Gasteiger partial charge in [0.15, 0.2) is 0 Å². The lowest BCUT2D eigenvalue weighted by atomic mass is 9.98. The van der Waals surface area contributed by atoms with Gasteiger partial charge in [-0.15, -0.1) is 0 Å². The first-order chi connectivity index (χ1) is 8.95. The lowest BCUT2D eigenvalue weighted by molar-refractivity contribution is 0.0605. The van der Waals surface area contributed by atoms with E-state index in [-0.39, 0.29) is 17.4 Å². The molecule has 1 aromatic carbocycles. The quantitative estimate of drug-likeness (QED) is 0.550. The number of benzene rings is 1. The lowest BCUT2D eigenvalue weighted by Gasteiger charge is -2.33. The first kappa shape index (κ1) is 14.3. The first-order valence-electron chi connectivity index (χ1n) is 6.20. The van der Waals surface area contributed by atoms with Gasteiger partial charge in [0.1, 0.15) is 0 Å². The van der Waals surface area contributed by atoms with Crippen LogP contribution in [-0.2, 0) is 10.0 Å². The number of nitrogens with one attached hydrogen (secondary N) is 1. The number of hydrogen-bond donors (Lipinski definition) is 3. The number of hydrogen-bond acceptors (Lipinski definition) is 5. The zero-order valence-electron chi connectivity index (χ0n) is 10.8. The number of hydrazine groups is 1. The molecule has 7 heteroatoms. The van der Waals surface area contributed by atoms with Crippen molar-refractivity contribution in [1.29, 1.82) is 0 Å². The second-order valence-corrected chi connectivity index (χ2v) is 6.80. The summed E-state index contributed by atoms with van der Waals surface area (Å²) >= 11 is 0. The third-order valence-corrected chi connectivity index (χ3v) is 5.42. The summed E-state index contributed by atoms with van der Waals surface area (Å²) in [5.74, 6) is 5.38. The maximum atomic E-state index is 12.4. The van der Waals surface area contributed by atoms with E-state index in [9.17, 15) is 13.5 Å². The van der Waals surface area contributed by atoms with Crippen molar-refractivity contribution in [2.24, 2.45) is 11.8 Å². The molecule has 2 unspecified atom stereocenters. The van der Waals surface area contributed by atoms with E-state index >= 15 is 0 Å². The van der Waals surface area contributed by atoms with Crippen molar-refractivity contribution in [3.05, 3.63) is 24.3 Å². The van der Waals surface area contributed by atoms with Crippen LogP contribution in [0, 0.1) is 5.92 Å². The Morgan fingerprint density at radius 2 is 2.00 bits per heavy atom. The van der Waals surface area contributed by atoms with Crippen molar-refractivity contribution in [3.8, 4) is 0 Å². The Bertz CT molecular complexity index is 530. The predicted octanol–water partition coefficient (Wildman–Crippen LogP) is 0.364. The molecule has 0 bridgehead atoms. The fourth-order valence-corrected chi connectivity index (χ4v) is 3.58. The Hall–Kier alpha value is -1.15.